The van der Waals surface area contributed by atoms with Crippen molar-refractivity contribution in [3.63, 3.8) is 0 Å². The molecule has 2 heterocycles. The van der Waals surface area contributed by atoms with E-state index in [9.17, 15) is 4.79 Å². The molecule has 0 fully saturated rings. The van der Waals surface area contributed by atoms with E-state index in [0.29, 0.717) is 5.56 Å². The molecule has 0 aliphatic heterocycles. The van der Waals surface area contributed by atoms with Crippen molar-refractivity contribution < 1.29 is 4.79 Å². The number of pyridine rings is 1. The van der Waals surface area contributed by atoms with Crippen molar-refractivity contribution in [2.45, 2.75) is 6.92 Å². The summed E-state index contributed by atoms with van der Waals surface area (Å²) in [6.07, 6.45) is 5.29. The maximum atomic E-state index is 12.1. The van der Waals surface area contributed by atoms with Gasteiger partial charge in [0, 0.05) is 24.3 Å². The molecule has 2 aromatic heterocycles. The molecule has 1 amide bonds. The molecule has 3 aromatic rings. The van der Waals surface area contributed by atoms with Gasteiger partial charge in [0.05, 0.1) is 5.56 Å². The summed E-state index contributed by atoms with van der Waals surface area (Å²) in [6, 6.07) is 11.3. The van der Waals surface area contributed by atoms with Crippen LogP contribution in [0.15, 0.2) is 55.0 Å². The van der Waals surface area contributed by atoms with Crippen LogP contribution in [0.5, 0.6) is 0 Å². The zero-order chi connectivity index (χ0) is 13.2. The third-order valence-corrected chi connectivity index (χ3v) is 2.96. The van der Waals surface area contributed by atoms with Crippen molar-refractivity contribution in [1.82, 2.24) is 9.38 Å². The fourth-order valence-electron chi connectivity index (χ4n) is 1.89. The highest BCUT2D eigenvalue weighted by Crippen LogP contribution is 2.11. The smallest absolute Gasteiger partial charge is 0.257 e. The maximum absolute atomic E-state index is 12.1. The van der Waals surface area contributed by atoms with E-state index < -0.39 is 0 Å². The highest BCUT2D eigenvalue weighted by atomic mass is 16.1. The number of hydrogen-bond donors (Lipinski definition) is 1. The predicted molar refractivity (Wildman–Crippen MR) is 74.3 cm³/mol. The van der Waals surface area contributed by atoms with Crippen molar-refractivity contribution in [3.8, 4) is 0 Å². The van der Waals surface area contributed by atoms with E-state index in [2.05, 4.69) is 10.3 Å². The standard InChI is InChI=1S/C15H13N3O/c1-11-2-5-13(6-3-11)17-15(19)12-4-7-14-16-8-9-18(14)10-12/h2-10H,1H3,(H,17,19). The third kappa shape index (κ3) is 2.33. The summed E-state index contributed by atoms with van der Waals surface area (Å²) >= 11 is 0. The van der Waals surface area contributed by atoms with E-state index in [0.717, 1.165) is 16.9 Å². The first-order valence-electron chi connectivity index (χ1n) is 6.03. The fraction of sp³-hybridized carbons (Fsp3) is 0.0667. The fourth-order valence-corrected chi connectivity index (χ4v) is 1.89. The van der Waals surface area contributed by atoms with E-state index >= 15 is 0 Å². The van der Waals surface area contributed by atoms with Crippen LogP contribution >= 0.6 is 0 Å². The topological polar surface area (TPSA) is 46.4 Å². The Bertz CT molecular complexity index is 728. The molecule has 1 aromatic carbocycles. The van der Waals surface area contributed by atoms with Crippen molar-refractivity contribution in [2.24, 2.45) is 0 Å². The second kappa shape index (κ2) is 4.57. The Morgan fingerprint density at radius 1 is 1.16 bits per heavy atom. The Morgan fingerprint density at radius 2 is 1.95 bits per heavy atom. The molecule has 4 nitrogen and oxygen atoms in total. The third-order valence-electron chi connectivity index (χ3n) is 2.96. The molecule has 19 heavy (non-hydrogen) atoms. The number of nitrogens with one attached hydrogen (secondary N) is 1. The van der Waals surface area contributed by atoms with Crippen LogP contribution in [0.1, 0.15) is 15.9 Å². The van der Waals surface area contributed by atoms with Crippen LogP contribution in [0.2, 0.25) is 0 Å². The molecule has 0 aliphatic carbocycles. The van der Waals surface area contributed by atoms with Crippen LogP contribution in [0.4, 0.5) is 5.69 Å². The monoisotopic (exact) mass is 251 g/mol. The van der Waals surface area contributed by atoms with Gasteiger partial charge in [0.15, 0.2) is 0 Å². The Morgan fingerprint density at radius 3 is 2.74 bits per heavy atom. The van der Waals surface area contributed by atoms with Gasteiger partial charge in [0.25, 0.3) is 5.91 Å². The number of amides is 1. The van der Waals surface area contributed by atoms with Gasteiger partial charge in [-0.3, -0.25) is 4.79 Å². The van der Waals surface area contributed by atoms with Gasteiger partial charge in [-0.15, -0.1) is 0 Å². The van der Waals surface area contributed by atoms with E-state index in [1.165, 1.54) is 0 Å². The summed E-state index contributed by atoms with van der Waals surface area (Å²) < 4.78 is 1.82. The quantitative estimate of drug-likeness (QED) is 0.761. The number of fused-ring (bicyclic) bond motifs is 1. The summed E-state index contributed by atoms with van der Waals surface area (Å²) in [5.74, 6) is -0.126. The lowest BCUT2D eigenvalue weighted by atomic mass is 10.2. The predicted octanol–water partition coefficient (Wildman–Crippen LogP) is 2.90. The van der Waals surface area contributed by atoms with Crippen molar-refractivity contribution in [2.75, 3.05) is 5.32 Å². The number of anilines is 1. The number of carbonyl (C=O) groups is 1. The maximum Gasteiger partial charge on any atom is 0.257 e. The molecule has 0 aliphatic rings. The Labute approximate surface area is 110 Å². The van der Waals surface area contributed by atoms with Crippen molar-refractivity contribution >= 4 is 17.2 Å². The highest BCUT2D eigenvalue weighted by Gasteiger charge is 2.07. The normalized spacial score (nSPS) is 10.6. The summed E-state index contributed by atoms with van der Waals surface area (Å²) in [7, 11) is 0. The van der Waals surface area contributed by atoms with Crippen LogP contribution in [0.25, 0.3) is 5.65 Å². The van der Waals surface area contributed by atoms with Gasteiger partial charge < -0.3 is 9.72 Å². The number of aromatic nitrogens is 2. The second-order valence-electron chi connectivity index (χ2n) is 4.43. The first-order valence-corrected chi connectivity index (χ1v) is 6.03. The van der Waals surface area contributed by atoms with E-state index in [-0.39, 0.29) is 5.91 Å². The Hall–Kier alpha value is -2.62. The number of nitrogens with zero attached hydrogens (tertiary/aromatic N) is 2. The molecule has 0 spiro atoms. The zero-order valence-corrected chi connectivity index (χ0v) is 10.5. The molecule has 3 rings (SSSR count). The number of hydrogen-bond acceptors (Lipinski definition) is 2. The lowest BCUT2D eigenvalue weighted by Crippen LogP contribution is -2.12. The van der Waals surface area contributed by atoms with Crippen LogP contribution in [-0.2, 0) is 0 Å². The molecule has 1 N–H and O–H groups in total. The van der Waals surface area contributed by atoms with E-state index in [4.69, 9.17) is 0 Å². The van der Waals surface area contributed by atoms with Gasteiger partial charge in [-0.1, -0.05) is 17.7 Å². The molecule has 4 heteroatoms. The number of benzene rings is 1. The lowest BCUT2D eigenvalue weighted by Gasteiger charge is -2.06. The first kappa shape index (κ1) is 11.5. The minimum atomic E-state index is -0.126. The van der Waals surface area contributed by atoms with Gasteiger partial charge in [-0.25, -0.2) is 4.98 Å². The molecular formula is C15H13N3O. The van der Waals surface area contributed by atoms with Crippen molar-refractivity contribution in [3.05, 3.63) is 66.1 Å². The summed E-state index contributed by atoms with van der Waals surface area (Å²) in [5, 5.41) is 2.87. The molecule has 0 radical (unpaired) electrons. The molecule has 94 valence electrons. The number of carbonyl (C=O) groups excluding carboxylic acids is 1. The first-order chi connectivity index (χ1) is 9.22. The molecule has 0 bridgehead atoms. The average molecular weight is 251 g/mol. The Kier molecular flexibility index (Phi) is 2.76. The second-order valence-corrected chi connectivity index (χ2v) is 4.43. The summed E-state index contributed by atoms with van der Waals surface area (Å²) in [4.78, 5) is 16.3. The average Bonchev–Trinajstić information content (AvgIpc) is 2.88. The van der Waals surface area contributed by atoms with Crippen LogP contribution in [0, 0.1) is 6.92 Å². The minimum absolute atomic E-state index is 0.126. The van der Waals surface area contributed by atoms with Gasteiger partial charge >= 0.3 is 0 Å². The van der Waals surface area contributed by atoms with Gasteiger partial charge in [0.2, 0.25) is 0 Å². The number of aryl methyl sites for hydroxylation is 1. The number of imidazole rings is 1. The van der Waals surface area contributed by atoms with Gasteiger partial charge in [-0.05, 0) is 31.2 Å². The number of rotatable bonds is 2. The largest absolute Gasteiger partial charge is 0.322 e. The zero-order valence-electron chi connectivity index (χ0n) is 10.5. The van der Waals surface area contributed by atoms with Crippen LogP contribution in [0.3, 0.4) is 0 Å². The SMILES string of the molecule is Cc1ccc(NC(=O)c2ccc3nccn3c2)cc1. The van der Waals surface area contributed by atoms with Crippen molar-refractivity contribution in [1.29, 1.82) is 0 Å². The molecular weight excluding hydrogens is 238 g/mol. The molecule has 0 saturated heterocycles. The lowest BCUT2D eigenvalue weighted by molar-refractivity contribution is 0.102. The highest BCUT2D eigenvalue weighted by molar-refractivity contribution is 6.04. The summed E-state index contributed by atoms with van der Waals surface area (Å²) in [6.45, 7) is 2.01. The molecule has 0 atom stereocenters. The van der Waals surface area contributed by atoms with Gasteiger partial charge in [-0.2, -0.15) is 0 Å². The van der Waals surface area contributed by atoms with Crippen LogP contribution < -0.4 is 5.32 Å². The van der Waals surface area contributed by atoms with E-state index in [1.807, 2.05) is 47.9 Å². The Balaban J connectivity index is 1.84. The molecule has 0 saturated carbocycles. The minimum Gasteiger partial charge on any atom is -0.322 e. The van der Waals surface area contributed by atoms with E-state index in [1.54, 1.807) is 18.5 Å². The van der Waals surface area contributed by atoms with Gasteiger partial charge in [0.1, 0.15) is 5.65 Å². The van der Waals surface area contributed by atoms with Crippen LogP contribution in [-0.4, -0.2) is 15.3 Å². The molecule has 0 unspecified atom stereocenters. The summed E-state index contributed by atoms with van der Waals surface area (Å²) in [5.41, 5.74) is 3.39.